The highest BCUT2D eigenvalue weighted by atomic mass is 14.8. The molecule has 0 aromatic heterocycles. The van der Waals surface area contributed by atoms with Crippen LogP contribution >= 0.6 is 0 Å². The van der Waals surface area contributed by atoms with Crippen LogP contribution in [0.25, 0.3) is 11.1 Å². The van der Waals surface area contributed by atoms with E-state index in [-0.39, 0.29) is 0 Å². The van der Waals surface area contributed by atoms with E-state index in [2.05, 4.69) is 11.4 Å². The molecule has 0 saturated heterocycles. The van der Waals surface area contributed by atoms with Crippen molar-refractivity contribution < 1.29 is 4.79 Å². The molecular weight excluding hydrogens is 136 g/mol. The molecule has 0 spiro atoms. The van der Waals surface area contributed by atoms with Crippen LogP contribution in [0.1, 0.15) is 5.56 Å². The molecule has 2 heteroatoms. The maximum atomic E-state index is 8.21. The first-order valence-corrected chi connectivity index (χ1v) is 3.26. The van der Waals surface area contributed by atoms with Crippen LogP contribution in [0.5, 0.6) is 0 Å². The largest absolute Gasteiger partial charge is 0.361 e. The van der Waals surface area contributed by atoms with Crippen LogP contribution < -0.4 is 0 Å². The third-order valence-corrected chi connectivity index (χ3v) is 1.36. The van der Waals surface area contributed by atoms with Crippen molar-refractivity contribution in [3.8, 4) is 0 Å². The van der Waals surface area contributed by atoms with Crippen LogP contribution in [0.2, 0.25) is 0 Å². The first-order valence-electron chi connectivity index (χ1n) is 3.26. The van der Waals surface area contributed by atoms with Crippen molar-refractivity contribution in [3.63, 3.8) is 0 Å². The molecule has 0 aliphatic carbocycles. The molecule has 0 bridgehead atoms. The summed E-state index contributed by atoms with van der Waals surface area (Å²) < 4.78 is 0. The van der Waals surface area contributed by atoms with Crippen LogP contribution in [0.15, 0.2) is 36.9 Å². The zero-order chi connectivity index (χ0) is 8.10. The predicted molar refractivity (Wildman–Crippen MR) is 45.2 cm³/mol. The van der Waals surface area contributed by atoms with Gasteiger partial charge in [-0.2, -0.15) is 4.79 Å². The van der Waals surface area contributed by atoms with Gasteiger partial charge in [0.05, 0.1) is 5.57 Å². The minimum atomic E-state index is 0.702. The molecule has 0 fully saturated rings. The molecule has 2 nitrogen and oxygen atoms in total. The summed E-state index contributed by atoms with van der Waals surface area (Å²) in [5.74, 6) is 0. The van der Waals surface area contributed by atoms with Crippen LogP contribution in [-0.2, 0) is 0 Å². The Morgan fingerprint density at radius 1 is 1.36 bits per heavy atom. The van der Waals surface area contributed by atoms with E-state index in [1.54, 1.807) is 0 Å². The number of hydrogen-bond donors (Lipinski definition) is 0. The molecule has 0 saturated carbocycles. The SMILES string of the molecule is C=C(C=[N+]=[N-])c1ccccc1. The molecule has 0 atom stereocenters. The Balaban J connectivity index is 2.94. The summed E-state index contributed by atoms with van der Waals surface area (Å²) in [6.07, 6.45) is 1.31. The highest BCUT2D eigenvalue weighted by Gasteiger charge is 1.95. The third-order valence-electron chi connectivity index (χ3n) is 1.36. The smallest absolute Gasteiger partial charge is 0.287 e. The Hall–Kier alpha value is -1.66. The van der Waals surface area contributed by atoms with Gasteiger partial charge in [-0.1, -0.05) is 36.9 Å². The summed E-state index contributed by atoms with van der Waals surface area (Å²) in [5.41, 5.74) is 9.87. The van der Waals surface area contributed by atoms with Gasteiger partial charge in [0.15, 0.2) is 0 Å². The fraction of sp³-hybridized carbons (Fsp3) is 0. The lowest BCUT2D eigenvalue weighted by molar-refractivity contribution is 0.00591. The van der Waals surface area contributed by atoms with Gasteiger partial charge in [-0.05, 0) is 5.56 Å². The first-order chi connectivity index (χ1) is 5.34. The zero-order valence-corrected chi connectivity index (χ0v) is 6.07. The van der Waals surface area contributed by atoms with Crippen LogP contribution in [0.3, 0.4) is 0 Å². The van der Waals surface area contributed by atoms with E-state index in [1.807, 2.05) is 30.3 Å². The van der Waals surface area contributed by atoms with E-state index in [1.165, 1.54) is 6.21 Å². The highest BCUT2D eigenvalue weighted by Crippen LogP contribution is 2.07. The fourth-order valence-corrected chi connectivity index (χ4v) is 0.796. The van der Waals surface area contributed by atoms with E-state index in [0.717, 1.165) is 5.56 Å². The quantitative estimate of drug-likeness (QED) is 0.346. The topological polar surface area (TPSA) is 36.4 Å². The van der Waals surface area contributed by atoms with Gasteiger partial charge >= 0.3 is 0 Å². The van der Waals surface area contributed by atoms with Crippen molar-refractivity contribution in [1.82, 2.24) is 0 Å². The van der Waals surface area contributed by atoms with Gasteiger partial charge < -0.3 is 5.53 Å². The summed E-state index contributed by atoms with van der Waals surface area (Å²) in [7, 11) is 0. The molecule has 54 valence electrons. The Morgan fingerprint density at radius 2 is 2.00 bits per heavy atom. The number of benzene rings is 1. The molecule has 0 radical (unpaired) electrons. The van der Waals surface area contributed by atoms with Gasteiger partial charge in [0, 0.05) is 0 Å². The molecule has 0 unspecified atom stereocenters. The molecule has 1 rings (SSSR count). The van der Waals surface area contributed by atoms with Crippen LogP contribution in [0, 0.1) is 0 Å². The van der Waals surface area contributed by atoms with Gasteiger partial charge in [0.1, 0.15) is 0 Å². The van der Waals surface area contributed by atoms with E-state index in [9.17, 15) is 0 Å². The second kappa shape index (κ2) is 3.49. The Morgan fingerprint density at radius 3 is 2.55 bits per heavy atom. The van der Waals surface area contributed by atoms with Gasteiger partial charge in [-0.15, -0.1) is 0 Å². The van der Waals surface area contributed by atoms with Crippen molar-refractivity contribution in [2.24, 2.45) is 0 Å². The lowest BCUT2D eigenvalue weighted by atomic mass is 10.1. The Bertz CT molecular complexity index is 295. The normalized spacial score (nSPS) is 8.36. The van der Waals surface area contributed by atoms with Gasteiger partial charge in [0.25, 0.3) is 6.21 Å². The Labute approximate surface area is 65.4 Å². The number of allylic oxidation sites excluding steroid dienone is 1. The van der Waals surface area contributed by atoms with E-state index < -0.39 is 0 Å². The summed E-state index contributed by atoms with van der Waals surface area (Å²) in [4.78, 5) is 2.89. The predicted octanol–water partition coefficient (Wildman–Crippen LogP) is 2.00. The van der Waals surface area contributed by atoms with Crippen molar-refractivity contribution >= 4 is 11.8 Å². The molecule has 1 aromatic carbocycles. The maximum Gasteiger partial charge on any atom is 0.287 e. The maximum absolute atomic E-state index is 8.21. The van der Waals surface area contributed by atoms with Gasteiger partial charge in [0.2, 0.25) is 0 Å². The molecule has 1 aromatic rings. The van der Waals surface area contributed by atoms with Gasteiger partial charge in [-0.25, -0.2) is 0 Å². The zero-order valence-electron chi connectivity index (χ0n) is 6.07. The molecule has 0 aliphatic rings. The van der Waals surface area contributed by atoms with Crippen LogP contribution in [-0.4, -0.2) is 11.0 Å². The van der Waals surface area contributed by atoms with E-state index in [4.69, 9.17) is 5.53 Å². The summed E-state index contributed by atoms with van der Waals surface area (Å²) >= 11 is 0. The lowest BCUT2D eigenvalue weighted by Gasteiger charge is -1.92. The summed E-state index contributed by atoms with van der Waals surface area (Å²) in [6, 6.07) is 9.55. The third kappa shape index (κ3) is 1.88. The van der Waals surface area contributed by atoms with Crippen LogP contribution in [0.4, 0.5) is 0 Å². The monoisotopic (exact) mass is 144 g/mol. The molecule has 0 heterocycles. The summed E-state index contributed by atoms with van der Waals surface area (Å²) in [6.45, 7) is 3.71. The fourth-order valence-electron chi connectivity index (χ4n) is 0.796. The van der Waals surface area contributed by atoms with Gasteiger partial charge in [-0.3, -0.25) is 0 Å². The standard InChI is InChI=1S/C9H8N2/c1-8(7-11-10)9-5-3-2-4-6-9/h2-7H,1H2. The average molecular weight is 144 g/mol. The van der Waals surface area contributed by atoms with E-state index in [0.29, 0.717) is 5.57 Å². The number of nitrogens with zero attached hydrogens (tertiary/aromatic N) is 2. The van der Waals surface area contributed by atoms with Crippen molar-refractivity contribution in [3.05, 3.63) is 48.0 Å². The molecular formula is C9H8N2. The molecule has 0 aliphatic heterocycles. The van der Waals surface area contributed by atoms with Crippen molar-refractivity contribution in [2.75, 3.05) is 0 Å². The molecule has 0 amide bonds. The average Bonchev–Trinajstić information content (AvgIpc) is 2.07. The van der Waals surface area contributed by atoms with E-state index >= 15 is 0 Å². The first kappa shape index (κ1) is 7.45. The second-order valence-electron chi connectivity index (χ2n) is 2.14. The molecule has 11 heavy (non-hydrogen) atoms. The molecule has 0 N–H and O–H groups in total. The minimum Gasteiger partial charge on any atom is -0.361 e. The summed E-state index contributed by atoms with van der Waals surface area (Å²) in [5, 5.41) is 0. The highest BCUT2D eigenvalue weighted by molar-refractivity contribution is 6.05. The number of rotatable bonds is 2. The minimum absolute atomic E-state index is 0.702. The van der Waals surface area contributed by atoms with Crippen molar-refractivity contribution in [2.45, 2.75) is 0 Å². The van der Waals surface area contributed by atoms with Crippen molar-refractivity contribution in [1.29, 1.82) is 0 Å². The number of hydrogen-bond acceptors (Lipinski definition) is 0. The lowest BCUT2D eigenvalue weighted by Crippen LogP contribution is -1.82. The Kier molecular flexibility index (Phi) is 2.37. The second-order valence-corrected chi connectivity index (χ2v) is 2.14.